The van der Waals surface area contributed by atoms with Gasteiger partial charge in [-0.2, -0.15) is 0 Å². The molecule has 120 valence electrons. The first-order chi connectivity index (χ1) is 11.3. The van der Waals surface area contributed by atoms with Crippen molar-refractivity contribution in [2.24, 2.45) is 0 Å². The van der Waals surface area contributed by atoms with E-state index in [1.165, 1.54) is 5.69 Å². The number of thiazole rings is 1. The number of aryl methyl sites for hydroxylation is 1. The zero-order valence-electron chi connectivity index (χ0n) is 13.1. The molecule has 0 N–H and O–H groups in total. The lowest BCUT2D eigenvalue weighted by Gasteiger charge is -2.22. The fourth-order valence-electron chi connectivity index (χ4n) is 3.02. The summed E-state index contributed by atoms with van der Waals surface area (Å²) < 4.78 is 1.92. The Morgan fingerprint density at radius 3 is 3.04 bits per heavy atom. The van der Waals surface area contributed by atoms with Gasteiger partial charge >= 0.3 is 0 Å². The standard InChI is InChI=1S/C15H19N7S/c1-12-18-13(10-23-12)9-20-4-2-5-21(8-7-20)14-15-19-17-11-22(15)6-3-16-14/h3,6,10-11H,2,4-5,7-9H2,1H3. The Labute approximate surface area is 138 Å². The molecular weight excluding hydrogens is 310 g/mol. The van der Waals surface area contributed by atoms with Gasteiger partial charge in [0.25, 0.3) is 0 Å². The zero-order chi connectivity index (χ0) is 15.6. The van der Waals surface area contributed by atoms with Crippen LogP contribution in [0.1, 0.15) is 17.1 Å². The monoisotopic (exact) mass is 329 g/mol. The fraction of sp³-hybridized carbons (Fsp3) is 0.467. The van der Waals surface area contributed by atoms with Gasteiger partial charge in [-0.25, -0.2) is 9.97 Å². The van der Waals surface area contributed by atoms with Crippen molar-refractivity contribution in [1.29, 1.82) is 0 Å². The Kier molecular flexibility index (Phi) is 3.92. The summed E-state index contributed by atoms with van der Waals surface area (Å²) >= 11 is 1.72. The second kappa shape index (κ2) is 6.21. The van der Waals surface area contributed by atoms with E-state index in [1.54, 1.807) is 17.7 Å². The van der Waals surface area contributed by atoms with Crippen molar-refractivity contribution in [3.63, 3.8) is 0 Å². The van der Waals surface area contributed by atoms with Crippen LogP contribution in [-0.4, -0.2) is 55.6 Å². The number of hydrogen-bond donors (Lipinski definition) is 0. The van der Waals surface area contributed by atoms with Gasteiger partial charge in [0.05, 0.1) is 10.7 Å². The fourth-order valence-corrected chi connectivity index (χ4v) is 3.62. The first kappa shape index (κ1) is 14.5. The molecule has 0 aromatic carbocycles. The Hall–Kier alpha value is -2.06. The van der Waals surface area contributed by atoms with E-state index in [0.29, 0.717) is 0 Å². The van der Waals surface area contributed by atoms with Crippen molar-refractivity contribution >= 4 is 22.8 Å². The molecule has 0 radical (unpaired) electrons. The van der Waals surface area contributed by atoms with Gasteiger partial charge in [-0.3, -0.25) is 9.30 Å². The third-order valence-electron chi connectivity index (χ3n) is 4.14. The van der Waals surface area contributed by atoms with Crippen molar-refractivity contribution < 1.29 is 0 Å². The van der Waals surface area contributed by atoms with Crippen molar-refractivity contribution in [2.45, 2.75) is 19.9 Å². The van der Waals surface area contributed by atoms with Crippen LogP contribution in [0.4, 0.5) is 5.82 Å². The number of anilines is 1. The third kappa shape index (κ3) is 3.04. The molecule has 0 spiro atoms. The van der Waals surface area contributed by atoms with Crippen molar-refractivity contribution in [2.75, 3.05) is 31.1 Å². The molecule has 1 aliphatic heterocycles. The van der Waals surface area contributed by atoms with E-state index < -0.39 is 0 Å². The minimum absolute atomic E-state index is 0.830. The normalized spacial score (nSPS) is 16.8. The first-order valence-corrected chi connectivity index (χ1v) is 8.70. The summed E-state index contributed by atoms with van der Waals surface area (Å²) in [6.07, 6.45) is 6.52. The van der Waals surface area contributed by atoms with Gasteiger partial charge in [0.1, 0.15) is 6.33 Å². The molecule has 1 saturated heterocycles. The molecule has 1 aliphatic rings. The lowest BCUT2D eigenvalue weighted by molar-refractivity contribution is 0.282. The second-order valence-electron chi connectivity index (χ2n) is 5.79. The Bertz CT molecular complexity index is 796. The van der Waals surface area contributed by atoms with Crippen LogP contribution in [-0.2, 0) is 6.54 Å². The molecule has 8 heteroatoms. The Morgan fingerprint density at radius 1 is 1.22 bits per heavy atom. The van der Waals surface area contributed by atoms with Gasteiger partial charge in [-0.15, -0.1) is 21.5 Å². The minimum Gasteiger partial charge on any atom is -0.352 e. The highest BCUT2D eigenvalue weighted by Crippen LogP contribution is 2.19. The molecule has 0 bridgehead atoms. The molecule has 0 amide bonds. The van der Waals surface area contributed by atoms with E-state index in [2.05, 4.69) is 42.3 Å². The molecular formula is C15H19N7S. The van der Waals surface area contributed by atoms with Crippen LogP contribution in [0.5, 0.6) is 0 Å². The molecule has 23 heavy (non-hydrogen) atoms. The lowest BCUT2D eigenvalue weighted by Crippen LogP contribution is -2.31. The predicted octanol–water partition coefficient (Wildman–Crippen LogP) is 1.60. The maximum atomic E-state index is 4.58. The SMILES string of the molecule is Cc1nc(CN2CCCN(c3nccn4cnnc34)CC2)cs1. The lowest BCUT2D eigenvalue weighted by atomic mass is 10.3. The molecule has 0 saturated carbocycles. The van der Waals surface area contributed by atoms with E-state index >= 15 is 0 Å². The van der Waals surface area contributed by atoms with E-state index in [-0.39, 0.29) is 0 Å². The average molecular weight is 329 g/mol. The van der Waals surface area contributed by atoms with Crippen LogP contribution < -0.4 is 4.90 Å². The Morgan fingerprint density at radius 2 is 2.17 bits per heavy atom. The summed E-state index contributed by atoms with van der Waals surface area (Å²) in [5.74, 6) is 0.927. The maximum Gasteiger partial charge on any atom is 0.203 e. The summed E-state index contributed by atoms with van der Waals surface area (Å²) in [6, 6.07) is 0. The Balaban J connectivity index is 1.47. The molecule has 3 aromatic rings. The molecule has 0 unspecified atom stereocenters. The topological polar surface area (TPSA) is 62.5 Å². The quantitative estimate of drug-likeness (QED) is 0.727. The largest absolute Gasteiger partial charge is 0.352 e. The van der Waals surface area contributed by atoms with Crippen molar-refractivity contribution in [3.8, 4) is 0 Å². The number of nitrogens with zero attached hydrogens (tertiary/aromatic N) is 7. The van der Waals surface area contributed by atoms with E-state index in [1.807, 2.05) is 16.8 Å². The van der Waals surface area contributed by atoms with Gasteiger partial charge in [-0.05, 0) is 13.3 Å². The van der Waals surface area contributed by atoms with Crippen LogP contribution >= 0.6 is 11.3 Å². The number of fused-ring (bicyclic) bond motifs is 1. The van der Waals surface area contributed by atoms with Gasteiger partial charge in [-0.1, -0.05) is 0 Å². The van der Waals surface area contributed by atoms with Gasteiger partial charge < -0.3 is 4.90 Å². The van der Waals surface area contributed by atoms with Crippen molar-refractivity contribution in [3.05, 3.63) is 34.8 Å². The van der Waals surface area contributed by atoms with E-state index in [9.17, 15) is 0 Å². The van der Waals surface area contributed by atoms with Crippen LogP contribution in [0.15, 0.2) is 24.1 Å². The van der Waals surface area contributed by atoms with Crippen molar-refractivity contribution in [1.82, 2.24) is 29.5 Å². The summed E-state index contributed by atoms with van der Waals surface area (Å²) in [6.45, 7) is 7.02. The summed E-state index contributed by atoms with van der Waals surface area (Å²) in [7, 11) is 0. The second-order valence-corrected chi connectivity index (χ2v) is 6.85. The number of rotatable bonds is 3. The highest BCUT2D eigenvalue weighted by molar-refractivity contribution is 7.09. The average Bonchev–Trinajstić information content (AvgIpc) is 3.12. The van der Waals surface area contributed by atoms with E-state index in [4.69, 9.17) is 0 Å². The molecule has 0 aliphatic carbocycles. The smallest absolute Gasteiger partial charge is 0.203 e. The predicted molar refractivity (Wildman–Crippen MR) is 89.7 cm³/mol. The number of aromatic nitrogens is 5. The molecule has 4 heterocycles. The summed E-state index contributed by atoms with van der Waals surface area (Å²) in [5.41, 5.74) is 2.01. The van der Waals surface area contributed by atoms with Gasteiger partial charge in [0.15, 0.2) is 5.82 Å². The van der Waals surface area contributed by atoms with Crippen LogP contribution in [0.25, 0.3) is 5.65 Å². The molecule has 0 atom stereocenters. The highest BCUT2D eigenvalue weighted by Gasteiger charge is 2.19. The van der Waals surface area contributed by atoms with Gasteiger partial charge in [0.2, 0.25) is 5.65 Å². The maximum absolute atomic E-state index is 4.58. The molecule has 1 fully saturated rings. The van der Waals surface area contributed by atoms with Crippen LogP contribution in [0.3, 0.4) is 0 Å². The molecule has 7 nitrogen and oxygen atoms in total. The minimum atomic E-state index is 0.830. The first-order valence-electron chi connectivity index (χ1n) is 7.82. The zero-order valence-corrected chi connectivity index (χ0v) is 13.9. The van der Waals surface area contributed by atoms with Crippen LogP contribution in [0, 0.1) is 6.92 Å². The van der Waals surface area contributed by atoms with Crippen LogP contribution in [0.2, 0.25) is 0 Å². The van der Waals surface area contributed by atoms with Gasteiger partial charge in [0, 0.05) is 50.5 Å². The summed E-state index contributed by atoms with van der Waals surface area (Å²) in [4.78, 5) is 13.9. The highest BCUT2D eigenvalue weighted by atomic mass is 32.1. The summed E-state index contributed by atoms with van der Waals surface area (Å²) in [5, 5.41) is 11.5. The number of hydrogen-bond acceptors (Lipinski definition) is 7. The van der Waals surface area contributed by atoms with E-state index in [0.717, 1.165) is 55.6 Å². The molecule has 3 aromatic heterocycles. The molecule has 4 rings (SSSR count). The third-order valence-corrected chi connectivity index (χ3v) is 4.96.